The third kappa shape index (κ3) is 5.00. The van der Waals surface area contributed by atoms with E-state index in [1.807, 2.05) is 41.1 Å². The van der Waals surface area contributed by atoms with Crippen molar-refractivity contribution < 1.29 is 9.84 Å². The van der Waals surface area contributed by atoms with Crippen molar-refractivity contribution in [1.82, 2.24) is 14.5 Å². The molecule has 1 aliphatic rings. The van der Waals surface area contributed by atoms with Crippen LogP contribution in [0.4, 0.5) is 0 Å². The average molecular weight is 377 g/mol. The zero-order chi connectivity index (χ0) is 19.2. The maximum atomic E-state index is 10.8. The molecule has 0 radical (unpaired) electrons. The van der Waals surface area contributed by atoms with Crippen LogP contribution in [0, 0.1) is 0 Å². The van der Waals surface area contributed by atoms with E-state index in [-0.39, 0.29) is 0 Å². The van der Waals surface area contributed by atoms with Gasteiger partial charge in [-0.1, -0.05) is 42.5 Å². The molecule has 2 aromatic carbocycles. The number of nitrogens with zero attached hydrogens (tertiary/aromatic N) is 3. The average Bonchev–Trinajstić information content (AvgIpc) is 3.23. The molecule has 0 unspecified atom stereocenters. The Hall–Kier alpha value is -2.63. The largest absolute Gasteiger partial charge is 0.489 e. The Morgan fingerprint density at radius 3 is 2.39 bits per heavy atom. The van der Waals surface area contributed by atoms with Gasteiger partial charge in [-0.15, -0.1) is 0 Å². The number of likely N-dealkylation sites (tertiary alicyclic amines) is 1. The molecule has 5 heteroatoms. The van der Waals surface area contributed by atoms with Crippen molar-refractivity contribution in [3.05, 3.63) is 84.4 Å². The van der Waals surface area contributed by atoms with Crippen LogP contribution in [0.2, 0.25) is 0 Å². The summed E-state index contributed by atoms with van der Waals surface area (Å²) >= 11 is 0. The van der Waals surface area contributed by atoms with Crippen molar-refractivity contribution in [3.63, 3.8) is 0 Å². The van der Waals surface area contributed by atoms with Gasteiger partial charge in [0.2, 0.25) is 0 Å². The molecule has 5 nitrogen and oxygen atoms in total. The normalized spacial score (nSPS) is 16.8. The van der Waals surface area contributed by atoms with E-state index in [0.29, 0.717) is 13.2 Å². The first-order valence-corrected chi connectivity index (χ1v) is 9.85. The van der Waals surface area contributed by atoms with Crippen LogP contribution in [0.1, 0.15) is 24.0 Å². The minimum absolute atomic E-state index is 0.585. The van der Waals surface area contributed by atoms with E-state index in [4.69, 9.17) is 4.74 Å². The molecule has 0 bridgehead atoms. The fraction of sp³-hybridized carbons (Fsp3) is 0.348. The maximum Gasteiger partial charge on any atom is 0.119 e. The minimum Gasteiger partial charge on any atom is -0.489 e. The monoisotopic (exact) mass is 377 g/mol. The van der Waals surface area contributed by atoms with E-state index in [9.17, 15) is 5.11 Å². The first kappa shape index (κ1) is 18.7. The number of piperidine rings is 1. The quantitative estimate of drug-likeness (QED) is 0.685. The lowest BCUT2D eigenvalue weighted by molar-refractivity contribution is -0.0357. The smallest absolute Gasteiger partial charge is 0.119 e. The molecule has 28 heavy (non-hydrogen) atoms. The summed E-state index contributed by atoms with van der Waals surface area (Å²) in [7, 11) is 0. The number of benzene rings is 2. The van der Waals surface area contributed by atoms with Crippen LogP contribution in [0.25, 0.3) is 0 Å². The molecule has 146 valence electrons. The van der Waals surface area contributed by atoms with Crippen LogP contribution in [-0.2, 0) is 19.7 Å². The third-order valence-corrected chi connectivity index (χ3v) is 5.40. The van der Waals surface area contributed by atoms with Gasteiger partial charge in [-0.3, -0.25) is 4.90 Å². The topological polar surface area (TPSA) is 50.5 Å². The molecular weight excluding hydrogens is 350 g/mol. The number of aliphatic hydroxyl groups is 1. The molecule has 1 aromatic heterocycles. The number of imidazole rings is 1. The van der Waals surface area contributed by atoms with Crippen molar-refractivity contribution in [2.75, 3.05) is 13.1 Å². The second kappa shape index (κ2) is 8.59. The van der Waals surface area contributed by atoms with Gasteiger partial charge in [0.1, 0.15) is 12.4 Å². The Kier molecular flexibility index (Phi) is 5.74. The third-order valence-electron chi connectivity index (χ3n) is 5.40. The second-order valence-electron chi connectivity index (χ2n) is 7.65. The predicted octanol–water partition coefficient (Wildman–Crippen LogP) is 3.49. The van der Waals surface area contributed by atoms with Crippen molar-refractivity contribution >= 4 is 0 Å². The summed E-state index contributed by atoms with van der Waals surface area (Å²) in [5, 5.41) is 10.8. The molecule has 2 heterocycles. The Morgan fingerprint density at radius 1 is 0.964 bits per heavy atom. The number of rotatable bonds is 7. The first-order chi connectivity index (χ1) is 13.7. The SMILES string of the molecule is OC1(Cn2ccnc2)CCN(Cc2ccc(OCc3ccccc3)cc2)CC1. The second-order valence-corrected chi connectivity index (χ2v) is 7.65. The summed E-state index contributed by atoms with van der Waals surface area (Å²) in [6.07, 6.45) is 7.00. The first-order valence-electron chi connectivity index (χ1n) is 9.85. The Labute approximate surface area is 166 Å². The van der Waals surface area contributed by atoms with Gasteiger partial charge in [-0.05, 0) is 36.1 Å². The van der Waals surface area contributed by atoms with Crippen LogP contribution < -0.4 is 4.74 Å². The van der Waals surface area contributed by atoms with Gasteiger partial charge in [0.15, 0.2) is 0 Å². The highest BCUT2D eigenvalue weighted by Crippen LogP contribution is 2.25. The number of hydrogen-bond donors (Lipinski definition) is 1. The molecule has 1 aliphatic heterocycles. The molecule has 0 amide bonds. The van der Waals surface area contributed by atoms with Crippen molar-refractivity contribution in [1.29, 1.82) is 0 Å². The molecular formula is C23H27N3O2. The van der Waals surface area contributed by atoms with E-state index in [1.165, 1.54) is 11.1 Å². The zero-order valence-electron chi connectivity index (χ0n) is 16.1. The highest BCUT2D eigenvalue weighted by atomic mass is 16.5. The molecule has 0 saturated carbocycles. The summed E-state index contributed by atoms with van der Waals surface area (Å²) in [5.41, 5.74) is 1.81. The highest BCUT2D eigenvalue weighted by Gasteiger charge is 2.32. The van der Waals surface area contributed by atoms with Crippen molar-refractivity contribution in [3.8, 4) is 5.75 Å². The highest BCUT2D eigenvalue weighted by molar-refractivity contribution is 5.28. The van der Waals surface area contributed by atoms with Gasteiger partial charge in [-0.2, -0.15) is 0 Å². The van der Waals surface area contributed by atoms with Crippen molar-refractivity contribution in [2.45, 2.75) is 38.1 Å². The summed E-state index contributed by atoms with van der Waals surface area (Å²) in [6.45, 7) is 3.91. The van der Waals surface area contributed by atoms with Crippen LogP contribution in [0.15, 0.2) is 73.3 Å². The fourth-order valence-corrected chi connectivity index (χ4v) is 3.70. The van der Waals surface area contributed by atoms with Gasteiger partial charge < -0.3 is 14.4 Å². The van der Waals surface area contributed by atoms with E-state index < -0.39 is 5.60 Å². The molecule has 0 aliphatic carbocycles. The Balaban J connectivity index is 1.25. The van der Waals surface area contributed by atoms with Crippen LogP contribution in [0.3, 0.4) is 0 Å². The Bertz CT molecular complexity index is 839. The van der Waals surface area contributed by atoms with Crippen LogP contribution in [-0.4, -0.2) is 38.2 Å². The lowest BCUT2D eigenvalue weighted by atomic mass is 9.91. The summed E-state index contributed by atoms with van der Waals surface area (Å²) < 4.78 is 7.82. The predicted molar refractivity (Wildman–Crippen MR) is 109 cm³/mol. The van der Waals surface area contributed by atoms with E-state index in [2.05, 4.69) is 34.1 Å². The number of hydrogen-bond acceptors (Lipinski definition) is 4. The zero-order valence-corrected chi connectivity index (χ0v) is 16.1. The lowest BCUT2D eigenvalue weighted by Crippen LogP contribution is -2.46. The minimum atomic E-state index is -0.633. The summed E-state index contributed by atoms with van der Waals surface area (Å²) in [5.74, 6) is 0.890. The van der Waals surface area contributed by atoms with Crippen LogP contribution >= 0.6 is 0 Å². The molecule has 3 aromatic rings. The fourth-order valence-electron chi connectivity index (χ4n) is 3.70. The van der Waals surface area contributed by atoms with Gasteiger partial charge >= 0.3 is 0 Å². The lowest BCUT2D eigenvalue weighted by Gasteiger charge is -2.38. The summed E-state index contributed by atoms with van der Waals surface area (Å²) in [4.78, 5) is 6.46. The molecule has 0 atom stereocenters. The van der Waals surface area contributed by atoms with Gasteiger partial charge in [0, 0.05) is 32.0 Å². The number of ether oxygens (including phenoxy) is 1. The van der Waals surface area contributed by atoms with Gasteiger partial charge in [-0.25, -0.2) is 4.98 Å². The molecule has 1 saturated heterocycles. The van der Waals surface area contributed by atoms with E-state index in [0.717, 1.165) is 38.2 Å². The summed E-state index contributed by atoms with van der Waals surface area (Å²) in [6, 6.07) is 18.5. The van der Waals surface area contributed by atoms with Crippen LogP contribution in [0.5, 0.6) is 5.75 Å². The molecule has 1 fully saturated rings. The molecule has 1 N–H and O–H groups in total. The van der Waals surface area contributed by atoms with Crippen molar-refractivity contribution in [2.24, 2.45) is 0 Å². The standard InChI is InChI=1S/C23H27N3O2/c27-23(18-26-15-12-24-19-26)10-13-25(14-11-23)16-20-6-8-22(9-7-20)28-17-21-4-2-1-3-5-21/h1-9,12,15,19,27H,10-11,13-14,16-18H2. The van der Waals surface area contributed by atoms with Gasteiger partial charge in [0.25, 0.3) is 0 Å². The van der Waals surface area contributed by atoms with Gasteiger partial charge in [0.05, 0.1) is 18.5 Å². The maximum absolute atomic E-state index is 10.8. The Morgan fingerprint density at radius 2 is 1.71 bits per heavy atom. The molecule has 0 spiro atoms. The van der Waals surface area contributed by atoms with E-state index >= 15 is 0 Å². The number of aromatic nitrogens is 2. The molecule has 4 rings (SSSR count). The van der Waals surface area contributed by atoms with E-state index in [1.54, 1.807) is 12.5 Å².